The summed E-state index contributed by atoms with van der Waals surface area (Å²) in [6.07, 6.45) is 1.64. The predicted molar refractivity (Wildman–Crippen MR) is 110 cm³/mol. The highest BCUT2D eigenvalue weighted by Crippen LogP contribution is 2.28. The van der Waals surface area contributed by atoms with Gasteiger partial charge in [-0.15, -0.1) is 5.10 Å². The van der Waals surface area contributed by atoms with Crippen LogP contribution in [0.15, 0.2) is 58.7 Å². The lowest BCUT2D eigenvalue weighted by molar-refractivity contribution is 0.257. The van der Waals surface area contributed by atoms with E-state index in [2.05, 4.69) is 36.2 Å². The molecule has 0 saturated heterocycles. The van der Waals surface area contributed by atoms with Crippen LogP contribution in [0.2, 0.25) is 0 Å². The van der Waals surface area contributed by atoms with Gasteiger partial charge in [0.15, 0.2) is 16.7 Å². The maximum absolute atomic E-state index is 5.89. The Hall–Kier alpha value is -2.47. The third-order valence-corrected chi connectivity index (χ3v) is 4.21. The second-order valence-corrected chi connectivity index (χ2v) is 7.07. The van der Waals surface area contributed by atoms with Crippen LogP contribution in [0.5, 0.6) is 11.5 Å². The first kappa shape index (κ1) is 19.8. The zero-order chi connectivity index (χ0) is 18.8. The van der Waals surface area contributed by atoms with Gasteiger partial charge < -0.3 is 15.2 Å². The standard InChI is InChI=1S/C20H25N3O2S/c1-15(2)13-25-18-10-9-17(11-19(18)24-3)12-22-23-20(21)26-14-16-7-5-4-6-8-16/h4-12,15H,13-14H2,1-3H3,(H2,21,23). The van der Waals surface area contributed by atoms with Crippen LogP contribution in [0, 0.1) is 5.92 Å². The summed E-state index contributed by atoms with van der Waals surface area (Å²) in [5.41, 5.74) is 7.95. The fourth-order valence-electron chi connectivity index (χ4n) is 2.05. The van der Waals surface area contributed by atoms with E-state index in [1.165, 1.54) is 17.3 Å². The molecule has 5 nitrogen and oxygen atoms in total. The van der Waals surface area contributed by atoms with Crippen molar-refractivity contribution in [1.29, 1.82) is 0 Å². The number of benzene rings is 2. The Morgan fingerprint density at radius 2 is 1.92 bits per heavy atom. The number of rotatable bonds is 8. The normalized spacial score (nSPS) is 11.9. The predicted octanol–water partition coefficient (Wildman–Crippen LogP) is 4.31. The average Bonchev–Trinajstić information content (AvgIpc) is 2.66. The number of ether oxygens (including phenoxy) is 2. The van der Waals surface area contributed by atoms with E-state index in [-0.39, 0.29) is 0 Å². The molecule has 0 radical (unpaired) electrons. The molecule has 0 spiro atoms. The fraction of sp³-hybridized carbons (Fsp3) is 0.300. The maximum atomic E-state index is 5.89. The third kappa shape index (κ3) is 6.80. The molecule has 0 aliphatic rings. The molecule has 2 aromatic carbocycles. The third-order valence-electron chi connectivity index (χ3n) is 3.35. The summed E-state index contributed by atoms with van der Waals surface area (Å²) in [4.78, 5) is 0. The van der Waals surface area contributed by atoms with E-state index in [0.29, 0.717) is 23.4 Å². The Bertz CT molecular complexity index is 746. The van der Waals surface area contributed by atoms with E-state index in [1.807, 2.05) is 36.4 Å². The van der Waals surface area contributed by atoms with Gasteiger partial charge >= 0.3 is 0 Å². The molecule has 0 atom stereocenters. The number of nitrogens with zero attached hydrogens (tertiary/aromatic N) is 2. The summed E-state index contributed by atoms with van der Waals surface area (Å²) in [5.74, 6) is 2.61. The molecule has 0 unspecified atom stereocenters. The molecule has 138 valence electrons. The molecule has 2 aromatic rings. The number of methoxy groups -OCH3 is 1. The minimum atomic E-state index is 0.425. The molecule has 0 aliphatic carbocycles. The average molecular weight is 372 g/mol. The first-order chi connectivity index (χ1) is 12.6. The Kier molecular flexibility index (Phi) is 8.02. The number of amidine groups is 1. The number of hydrogen-bond acceptors (Lipinski definition) is 5. The van der Waals surface area contributed by atoms with Crippen molar-refractivity contribution in [3.63, 3.8) is 0 Å². The van der Waals surface area contributed by atoms with Gasteiger partial charge in [0.1, 0.15) is 0 Å². The summed E-state index contributed by atoms with van der Waals surface area (Å²) in [6.45, 7) is 4.85. The molecule has 2 N–H and O–H groups in total. The van der Waals surface area contributed by atoms with Crippen LogP contribution >= 0.6 is 11.8 Å². The highest BCUT2D eigenvalue weighted by atomic mass is 32.2. The summed E-state index contributed by atoms with van der Waals surface area (Å²) < 4.78 is 11.1. The monoisotopic (exact) mass is 371 g/mol. The van der Waals surface area contributed by atoms with Gasteiger partial charge in [-0.25, -0.2) is 0 Å². The molecule has 6 heteroatoms. The zero-order valence-electron chi connectivity index (χ0n) is 15.4. The Balaban J connectivity index is 1.94. The molecular weight excluding hydrogens is 346 g/mol. The smallest absolute Gasteiger partial charge is 0.180 e. The van der Waals surface area contributed by atoms with Gasteiger partial charge in [-0.05, 0) is 35.2 Å². The lowest BCUT2D eigenvalue weighted by Crippen LogP contribution is -2.06. The van der Waals surface area contributed by atoms with Gasteiger partial charge in [0, 0.05) is 5.75 Å². The van der Waals surface area contributed by atoms with Crippen molar-refractivity contribution >= 4 is 23.1 Å². The van der Waals surface area contributed by atoms with Gasteiger partial charge in [-0.3, -0.25) is 0 Å². The quantitative estimate of drug-likeness (QED) is 0.426. The first-order valence-corrected chi connectivity index (χ1v) is 9.41. The van der Waals surface area contributed by atoms with Crippen LogP contribution in [0.25, 0.3) is 0 Å². The molecular formula is C20H25N3O2S. The molecule has 0 amide bonds. The first-order valence-electron chi connectivity index (χ1n) is 8.42. The van der Waals surface area contributed by atoms with Crippen LogP contribution in [0.4, 0.5) is 0 Å². The van der Waals surface area contributed by atoms with Crippen molar-refractivity contribution in [2.75, 3.05) is 13.7 Å². The van der Waals surface area contributed by atoms with Crippen LogP contribution < -0.4 is 15.2 Å². The Morgan fingerprint density at radius 1 is 1.15 bits per heavy atom. The highest BCUT2D eigenvalue weighted by Gasteiger charge is 2.06. The van der Waals surface area contributed by atoms with E-state index in [0.717, 1.165) is 17.1 Å². The molecule has 0 bridgehead atoms. The van der Waals surface area contributed by atoms with E-state index in [9.17, 15) is 0 Å². The minimum absolute atomic E-state index is 0.425. The Morgan fingerprint density at radius 3 is 2.62 bits per heavy atom. The van der Waals surface area contributed by atoms with E-state index in [4.69, 9.17) is 15.2 Å². The largest absolute Gasteiger partial charge is 0.493 e. The van der Waals surface area contributed by atoms with Crippen LogP contribution in [-0.2, 0) is 5.75 Å². The van der Waals surface area contributed by atoms with Crippen molar-refractivity contribution in [3.8, 4) is 11.5 Å². The summed E-state index contributed by atoms with van der Waals surface area (Å²) in [6, 6.07) is 15.7. The van der Waals surface area contributed by atoms with Gasteiger partial charge in [0.25, 0.3) is 0 Å². The number of hydrogen-bond donors (Lipinski definition) is 1. The lowest BCUT2D eigenvalue weighted by Gasteiger charge is -2.12. The zero-order valence-corrected chi connectivity index (χ0v) is 16.2. The summed E-state index contributed by atoms with van der Waals surface area (Å²) in [5, 5.41) is 8.51. The van der Waals surface area contributed by atoms with Crippen molar-refractivity contribution in [1.82, 2.24) is 0 Å². The van der Waals surface area contributed by atoms with Gasteiger partial charge in [0.05, 0.1) is 19.9 Å². The lowest BCUT2D eigenvalue weighted by atomic mass is 10.2. The topological polar surface area (TPSA) is 69.2 Å². The maximum Gasteiger partial charge on any atom is 0.180 e. The fourth-order valence-corrected chi connectivity index (χ4v) is 2.66. The van der Waals surface area contributed by atoms with E-state index >= 15 is 0 Å². The van der Waals surface area contributed by atoms with Crippen LogP contribution in [-0.4, -0.2) is 25.1 Å². The molecule has 26 heavy (non-hydrogen) atoms. The summed E-state index contributed by atoms with van der Waals surface area (Å²) >= 11 is 1.45. The minimum Gasteiger partial charge on any atom is -0.493 e. The van der Waals surface area contributed by atoms with Gasteiger partial charge in [-0.2, -0.15) is 5.10 Å². The summed E-state index contributed by atoms with van der Waals surface area (Å²) in [7, 11) is 1.62. The number of thioether (sulfide) groups is 1. The molecule has 0 saturated carbocycles. The second kappa shape index (κ2) is 10.5. The molecule has 0 aliphatic heterocycles. The van der Waals surface area contributed by atoms with Gasteiger partial charge in [-0.1, -0.05) is 55.9 Å². The molecule has 2 rings (SSSR count). The van der Waals surface area contributed by atoms with E-state index in [1.54, 1.807) is 13.3 Å². The Labute approximate surface area is 159 Å². The SMILES string of the molecule is COc1cc(C=NN=C(N)SCc2ccccc2)ccc1OCC(C)C. The van der Waals surface area contributed by atoms with Gasteiger partial charge in [0.2, 0.25) is 0 Å². The van der Waals surface area contributed by atoms with Crippen molar-refractivity contribution in [2.45, 2.75) is 19.6 Å². The molecule has 0 fully saturated rings. The highest BCUT2D eigenvalue weighted by molar-refractivity contribution is 8.13. The molecule has 0 aromatic heterocycles. The van der Waals surface area contributed by atoms with Crippen LogP contribution in [0.3, 0.4) is 0 Å². The van der Waals surface area contributed by atoms with Crippen molar-refractivity contribution < 1.29 is 9.47 Å². The molecule has 0 heterocycles. The number of nitrogens with two attached hydrogens (primary N) is 1. The van der Waals surface area contributed by atoms with Crippen molar-refractivity contribution in [2.24, 2.45) is 21.9 Å². The van der Waals surface area contributed by atoms with Crippen molar-refractivity contribution in [3.05, 3.63) is 59.7 Å². The van der Waals surface area contributed by atoms with Crippen LogP contribution in [0.1, 0.15) is 25.0 Å². The second-order valence-electron chi connectivity index (χ2n) is 6.07. The van der Waals surface area contributed by atoms with E-state index < -0.39 is 0 Å².